The zero-order chi connectivity index (χ0) is 21.0. The van der Waals surface area contributed by atoms with Crippen molar-refractivity contribution in [2.24, 2.45) is 58.0 Å². The SMILES string of the molecule is CC(C)CCC[C@@H](C)C1CC[C@H]2[C@@H]3C[C@@H](N)C4C[C@@H](O)CC[C@]4(C)[C@H]3CC[C@]12C. The molecule has 0 heterocycles. The van der Waals surface area contributed by atoms with E-state index < -0.39 is 0 Å². The Kier molecular flexibility index (Phi) is 6.19. The lowest BCUT2D eigenvalue weighted by Gasteiger charge is -2.62. The lowest BCUT2D eigenvalue weighted by atomic mass is 9.43. The smallest absolute Gasteiger partial charge is 0.0543 e. The lowest BCUT2D eigenvalue weighted by molar-refractivity contribution is -0.136. The van der Waals surface area contributed by atoms with E-state index in [0.717, 1.165) is 48.3 Å². The van der Waals surface area contributed by atoms with Gasteiger partial charge in [0.2, 0.25) is 0 Å². The highest BCUT2D eigenvalue weighted by Gasteiger charge is 2.61. The van der Waals surface area contributed by atoms with Crippen LogP contribution < -0.4 is 5.73 Å². The topological polar surface area (TPSA) is 46.2 Å². The molecule has 2 heteroatoms. The molecule has 10 atom stereocenters. The van der Waals surface area contributed by atoms with Crippen LogP contribution in [0.25, 0.3) is 0 Å². The maximum atomic E-state index is 10.3. The van der Waals surface area contributed by atoms with Crippen LogP contribution in [0.1, 0.15) is 105 Å². The number of nitrogens with two attached hydrogens (primary N) is 1. The fraction of sp³-hybridized carbons (Fsp3) is 1.00. The summed E-state index contributed by atoms with van der Waals surface area (Å²) in [5.41, 5.74) is 7.78. The number of rotatable bonds is 5. The summed E-state index contributed by atoms with van der Waals surface area (Å²) in [6.07, 6.45) is 14.3. The molecule has 2 nitrogen and oxygen atoms in total. The van der Waals surface area contributed by atoms with Crippen molar-refractivity contribution in [1.82, 2.24) is 0 Å². The fourth-order valence-electron chi connectivity index (χ4n) is 9.41. The molecule has 0 bridgehead atoms. The van der Waals surface area contributed by atoms with Crippen molar-refractivity contribution < 1.29 is 5.11 Å². The molecule has 0 saturated heterocycles. The van der Waals surface area contributed by atoms with E-state index in [1.807, 2.05) is 0 Å². The summed E-state index contributed by atoms with van der Waals surface area (Å²) in [5, 5.41) is 10.3. The summed E-state index contributed by atoms with van der Waals surface area (Å²) >= 11 is 0. The third-order valence-electron chi connectivity index (χ3n) is 10.9. The van der Waals surface area contributed by atoms with Gasteiger partial charge in [0.25, 0.3) is 0 Å². The Balaban J connectivity index is 1.50. The minimum absolute atomic E-state index is 0.105. The summed E-state index contributed by atoms with van der Waals surface area (Å²) in [7, 11) is 0. The van der Waals surface area contributed by atoms with E-state index in [1.165, 1.54) is 57.8 Å². The van der Waals surface area contributed by atoms with E-state index >= 15 is 0 Å². The first kappa shape index (κ1) is 22.1. The summed E-state index contributed by atoms with van der Waals surface area (Å²) in [6.45, 7) is 12.5. The van der Waals surface area contributed by atoms with Gasteiger partial charge in [0.1, 0.15) is 0 Å². The Labute approximate surface area is 180 Å². The predicted molar refractivity (Wildman–Crippen MR) is 122 cm³/mol. The van der Waals surface area contributed by atoms with E-state index in [9.17, 15) is 5.11 Å². The summed E-state index contributed by atoms with van der Waals surface area (Å²) < 4.78 is 0. The van der Waals surface area contributed by atoms with Crippen LogP contribution in [-0.4, -0.2) is 17.3 Å². The normalized spacial score (nSPS) is 50.7. The second-order valence-corrected chi connectivity index (χ2v) is 12.8. The highest BCUT2D eigenvalue weighted by molar-refractivity contribution is 5.12. The highest BCUT2D eigenvalue weighted by atomic mass is 16.3. The minimum atomic E-state index is -0.105. The van der Waals surface area contributed by atoms with E-state index in [0.29, 0.717) is 22.8 Å². The molecule has 0 aromatic carbocycles. The van der Waals surface area contributed by atoms with E-state index in [2.05, 4.69) is 34.6 Å². The fourth-order valence-corrected chi connectivity index (χ4v) is 9.41. The zero-order valence-corrected chi connectivity index (χ0v) is 20.0. The van der Waals surface area contributed by atoms with Gasteiger partial charge in [-0.1, -0.05) is 53.9 Å². The molecule has 4 aliphatic rings. The molecule has 3 N–H and O–H groups in total. The summed E-state index contributed by atoms with van der Waals surface area (Å²) in [5.74, 6) is 5.79. The number of fused-ring (bicyclic) bond motifs is 5. The molecule has 2 unspecified atom stereocenters. The van der Waals surface area contributed by atoms with Gasteiger partial charge in [-0.05, 0) is 104 Å². The van der Waals surface area contributed by atoms with E-state index in [1.54, 1.807) is 0 Å². The minimum Gasteiger partial charge on any atom is -0.393 e. The molecular formula is C27H49NO. The van der Waals surface area contributed by atoms with Gasteiger partial charge in [-0.2, -0.15) is 0 Å². The summed E-state index contributed by atoms with van der Waals surface area (Å²) in [6, 6.07) is 0.307. The quantitative estimate of drug-likeness (QED) is 0.557. The van der Waals surface area contributed by atoms with Crippen molar-refractivity contribution in [3.05, 3.63) is 0 Å². The van der Waals surface area contributed by atoms with Crippen molar-refractivity contribution in [3.63, 3.8) is 0 Å². The van der Waals surface area contributed by atoms with Gasteiger partial charge >= 0.3 is 0 Å². The highest BCUT2D eigenvalue weighted by Crippen LogP contribution is 2.68. The first-order valence-corrected chi connectivity index (χ1v) is 13.1. The van der Waals surface area contributed by atoms with Crippen LogP contribution in [0.2, 0.25) is 0 Å². The van der Waals surface area contributed by atoms with Gasteiger partial charge in [0.05, 0.1) is 6.10 Å². The molecule has 0 spiro atoms. The van der Waals surface area contributed by atoms with Crippen molar-refractivity contribution in [1.29, 1.82) is 0 Å². The summed E-state index contributed by atoms with van der Waals surface area (Å²) in [4.78, 5) is 0. The Morgan fingerprint density at radius 1 is 0.862 bits per heavy atom. The van der Waals surface area contributed by atoms with Crippen LogP contribution in [0.4, 0.5) is 0 Å². The number of hydrogen-bond donors (Lipinski definition) is 2. The lowest BCUT2D eigenvalue weighted by Crippen LogP contribution is -2.60. The van der Waals surface area contributed by atoms with Crippen LogP contribution in [0, 0.1) is 52.3 Å². The molecule has 0 aromatic rings. The third kappa shape index (κ3) is 3.73. The Bertz CT molecular complexity index is 575. The number of aliphatic hydroxyl groups excluding tert-OH is 1. The molecule has 0 radical (unpaired) electrons. The Morgan fingerprint density at radius 2 is 1.55 bits per heavy atom. The third-order valence-corrected chi connectivity index (χ3v) is 10.9. The van der Waals surface area contributed by atoms with Crippen molar-refractivity contribution in [2.75, 3.05) is 0 Å². The largest absolute Gasteiger partial charge is 0.393 e. The first-order valence-electron chi connectivity index (χ1n) is 13.1. The van der Waals surface area contributed by atoms with Crippen LogP contribution in [0.15, 0.2) is 0 Å². The van der Waals surface area contributed by atoms with Crippen LogP contribution in [-0.2, 0) is 0 Å². The van der Waals surface area contributed by atoms with Gasteiger partial charge in [-0.15, -0.1) is 0 Å². The van der Waals surface area contributed by atoms with Gasteiger partial charge < -0.3 is 10.8 Å². The average molecular weight is 404 g/mol. The van der Waals surface area contributed by atoms with E-state index in [-0.39, 0.29) is 6.10 Å². The van der Waals surface area contributed by atoms with Gasteiger partial charge in [0.15, 0.2) is 0 Å². The first-order chi connectivity index (χ1) is 13.7. The molecule has 0 aromatic heterocycles. The number of aliphatic hydroxyl groups is 1. The molecule has 4 saturated carbocycles. The van der Waals surface area contributed by atoms with E-state index in [4.69, 9.17) is 5.73 Å². The molecule has 0 amide bonds. The molecule has 29 heavy (non-hydrogen) atoms. The molecular weight excluding hydrogens is 354 g/mol. The molecule has 168 valence electrons. The maximum Gasteiger partial charge on any atom is 0.0543 e. The van der Waals surface area contributed by atoms with Crippen molar-refractivity contribution in [3.8, 4) is 0 Å². The molecule has 4 rings (SSSR count). The van der Waals surface area contributed by atoms with Gasteiger partial charge in [-0.3, -0.25) is 0 Å². The maximum absolute atomic E-state index is 10.3. The second kappa shape index (κ2) is 8.12. The average Bonchev–Trinajstić information content (AvgIpc) is 3.00. The molecule has 0 aliphatic heterocycles. The Hall–Kier alpha value is -0.0800. The standard InChI is InChI=1S/C27H49NO/c1-17(2)7-6-8-18(3)21-9-10-22-20-16-25(28)24-15-19(29)11-13-27(24,5)23(20)12-14-26(21,22)4/h17-25,29H,6-16,28H2,1-5H3/t18-,19+,20+,21?,22+,23+,24?,25-,26-,27-/m1/s1. The van der Waals surface area contributed by atoms with Crippen molar-refractivity contribution >= 4 is 0 Å². The van der Waals surface area contributed by atoms with Crippen LogP contribution >= 0.6 is 0 Å². The predicted octanol–water partition coefficient (Wildman–Crippen LogP) is 6.41. The monoisotopic (exact) mass is 403 g/mol. The van der Waals surface area contributed by atoms with Crippen molar-refractivity contribution in [2.45, 2.75) is 117 Å². The van der Waals surface area contributed by atoms with Crippen LogP contribution in [0.3, 0.4) is 0 Å². The zero-order valence-electron chi connectivity index (χ0n) is 20.0. The second-order valence-electron chi connectivity index (χ2n) is 12.8. The Morgan fingerprint density at radius 3 is 2.28 bits per heavy atom. The van der Waals surface area contributed by atoms with Gasteiger partial charge in [0, 0.05) is 6.04 Å². The molecule has 4 aliphatic carbocycles. The van der Waals surface area contributed by atoms with Gasteiger partial charge in [-0.25, -0.2) is 0 Å². The number of hydrogen-bond acceptors (Lipinski definition) is 2. The molecule has 4 fully saturated rings. The van der Waals surface area contributed by atoms with Crippen LogP contribution in [0.5, 0.6) is 0 Å².